The SMILES string of the molecule is Cc1cc(F)ccc1Oc1nc(Cl)nc(N2CCCC2)n1. The summed E-state index contributed by atoms with van der Waals surface area (Å²) in [6.45, 7) is 3.55. The van der Waals surface area contributed by atoms with Crippen molar-refractivity contribution < 1.29 is 9.13 Å². The fourth-order valence-electron chi connectivity index (χ4n) is 2.25. The lowest BCUT2D eigenvalue weighted by molar-refractivity contribution is 0.435. The zero-order valence-corrected chi connectivity index (χ0v) is 12.3. The van der Waals surface area contributed by atoms with Crippen LogP contribution in [0, 0.1) is 12.7 Å². The Morgan fingerprint density at radius 3 is 2.67 bits per heavy atom. The number of halogens is 2. The van der Waals surface area contributed by atoms with Gasteiger partial charge in [0.1, 0.15) is 11.6 Å². The smallest absolute Gasteiger partial charge is 0.328 e. The molecule has 0 radical (unpaired) electrons. The van der Waals surface area contributed by atoms with Gasteiger partial charge < -0.3 is 9.64 Å². The van der Waals surface area contributed by atoms with Crippen LogP contribution in [-0.4, -0.2) is 28.0 Å². The molecule has 5 nitrogen and oxygen atoms in total. The van der Waals surface area contributed by atoms with Crippen molar-refractivity contribution in [1.82, 2.24) is 15.0 Å². The third-order valence-electron chi connectivity index (χ3n) is 3.30. The molecule has 3 rings (SSSR count). The van der Waals surface area contributed by atoms with E-state index in [1.807, 2.05) is 4.90 Å². The summed E-state index contributed by atoms with van der Waals surface area (Å²) in [7, 11) is 0. The minimum absolute atomic E-state index is 0.0849. The van der Waals surface area contributed by atoms with Crippen molar-refractivity contribution in [2.24, 2.45) is 0 Å². The highest BCUT2D eigenvalue weighted by Gasteiger charge is 2.18. The summed E-state index contributed by atoms with van der Waals surface area (Å²) in [6, 6.07) is 4.37. The van der Waals surface area contributed by atoms with Crippen LogP contribution in [0.1, 0.15) is 18.4 Å². The Morgan fingerprint density at radius 2 is 1.95 bits per heavy atom. The van der Waals surface area contributed by atoms with Crippen molar-refractivity contribution in [2.75, 3.05) is 18.0 Å². The van der Waals surface area contributed by atoms with Crippen molar-refractivity contribution in [3.05, 3.63) is 34.9 Å². The molecule has 2 aromatic rings. The predicted molar refractivity (Wildman–Crippen MR) is 77.5 cm³/mol. The van der Waals surface area contributed by atoms with Crippen molar-refractivity contribution in [3.63, 3.8) is 0 Å². The van der Waals surface area contributed by atoms with Gasteiger partial charge in [0.25, 0.3) is 0 Å². The van der Waals surface area contributed by atoms with E-state index in [4.69, 9.17) is 16.3 Å². The Bertz CT molecular complexity index is 661. The van der Waals surface area contributed by atoms with Gasteiger partial charge in [0.2, 0.25) is 11.2 Å². The summed E-state index contributed by atoms with van der Waals surface area (Å²) in [5.41, 5.74) is 0.661. The van der Waals surface area contributed by atoms with Gasteiger partial charge in [-0.25, -0.2) is 4.39 Å². The number of hydrogen-bond acceptors (Lipinski definition) is 5. The van der Waals surface area contributed by atoms with Gasteiger partial charge in [-0.05, 0) is 55.1 Å². The maximum atomic E-state index is 13.1. The Morgan fingerprint density at radius 1 is 1.19 bits per heavy atom. The lowest BCUT2D eigenvalue weighted by atomic mass is 10.2. The van der Waals surface area contributed by atoms with Crippen LogP contribution in [-0.2, 0) is 0 Å². The molecule has 7 heteroatoms. The van der Waals surface area contributed by atoms with Gasteiger partial charge in [-0.15, -0.1) is 0 Å². The van der Waals surface area contributed by atoms with Crippen LogP contribution < -0.4 is 9.64 Å². The Hall–Kier alpha value is -1.95. The van der Waals surface area contributed by atoms with E-state index in [9.17, 15) is 4.39 Å². The van der Waals surface area contributed by atoms with Gasteiger partial charge in [-0.1, -0.05) is 0 Å². The van der Waals surface area contributed by atoms with Gasteiger partial charge in [-0.3, -0.25) is 0 Å². The molecule has 1 aromatic carbocycles. The zero-order valence-electron chi connectivity index (χ0n) is 11.5. The van der Waals surface area contributed by atoms with E-state index in [1.165, 1.54) is 18.2 Å². The first-order chi connectivity index (χ1) is 10.1. The molecule has 0 amide bonds. The van der Waals surface area contributed by atoms with Crippen LogP contribution in [0.3, 0.4) is 0 Å². The first-order valence-electron chi connectivity index (χ1n) is 6.72. The van der Waals surface area contributed by atoms with Crippen molar-refractivity contribution >= 4 is 17.5 Å². The molecule has 1 saturated heterocycles. The first kappa shape index (κ1) is 14.0. The highest BCUT2D eigenvalue weighted by atomic mass is 35.5. The Labute approximate surface area is 126 Å². The van der Waals surface area contributed by atoms with Crippen LogP contribution in [0.4, 0.5) is 10.3 Å². The van der Waals surface area contributed by atoms with Gasteiger partial charge in [0.05, 0.1) is 0 Å². The maximum Gasteiger partial charge on any atom is 0.328 e. The second-order valence-corrected chi connectivity index (χ2v) is 5.23. The van der Waals surface area contributed by atoms with Crippen LogP contribution in [0.15, 0.2) is 18.2 Å². The van der Waals surface area contributed by atoms with Gasteiger partial charge in [0.15, 0.2) is 0 Å². The predicted octanol–water partition coefficient (Wildman–Crippen LogP) is 3.37. The lowest BCUT2D eigenvalue weighted by Crippen LogP contribution is -2.21. The molecule has 0 atom stereocenters. The number of rotatable bonds is 3. The molecule has 0 bridgehead atoms. The van der Waals surface area contributed by atoms with Gasteiger partial charge in [0, 0.05) is 13.1 Å². The first-order valence-corrected chi connectivity index (χ1v) is 7.10. The van der Waals surface area contributed by atoms with E-state index in [-0.39, 0.29) is 17.1 Å². The summed E-state index contributed by atoms with van der Waals surface area (Å²) < 4.78 is 18.7. The third-order valence-corrected chi connectivity index (χ3v) is 3.47. The molecule has 0 unspecified atom stereocenters. The van der Waals surface area contributed by atoms with E-state index >= 15 is 0 Å². The number of ether oxygens (including phenoxy) is 1. The molecule has 0 N–H and O–H groups in total. The van der Waals surface area contributed by atoms with Gasteiger partial charge >= 0.3 is 6.01 Å². The molecule has 2 heterocycles. The molecule has 0 spiro atoms. The summed E-state index contributed by atoms with van der Waals surface area (Å²) in [5.74, 6) is 0.694. The quantitative estimate of drug-likeness (QED) is 0.870. The van der Waals surface area contributed by atoms with E-state index < -0.39 is 0 Å². The molecule has 1 aliphatic heterocycles. The normalized spacial score (nSPS) is 14.5. The minimum Gasteiger partial charge on any atom is -0.424 e. The van der Waals surface area contributed by atoms with Crippen LogP contribution in [0.5, 0.6) is 11.8 Å². The highest BCUT2D eigenvalue weighted by Crippen LogP contribution is 2.25. The largest absolute Gasteiger partial charge is 0.424 e. The molecular weight excluding hydrogens is 295 g/mol. The van der Waals surface area contributed by atoms with Crippen LogP contribution in [0.25, 0.3) is 0 Å². The molecule has 1 aliphatic rings. The fraction of sp³-hybridized carbons (Fsp3) is 0.357. The Kier molecular flexibility index (Phi) is 3.88. The number of aromatic nitrogens is 3. The van der Waals surface area contributed by atoms with Crippen molar-refractivity contribution in [1.29, 1.82) is 0 Å². The van der Waals surface area contributed by atoms with Gasteiger partial charge in [-0.2, -0.15) is 15.0 Å². The third kappa shape index (κ3) is 3.21. The molecule has 0 aliphatic carbocycles. The average molecular weight is 309 g/mol. The second kappa shape index (κ2) is 5.81. The van der Waals surface area contributed by atoms with E-state index in [0.717, 1.165) is 25.9 Å². The lowest BCUT2D eigenvalue weighted by Gasteiger charge is -2.15. The summed E-state index contributed by atoms with van der Waals surface area (Å²) >= 11 is 5.93. The molecule has 1 fully saturated rings. The highest BCUT2D eigenvalue weighted by molar-refractivity contribution is 6.28. The summed E-state index contributed by atoms with van der Waals surface area (Å²) in [5, 5.41) is 0.0849. The molecule has 21 heavy (non-hydrogen) atoms. The summed E-state index contributed by atoms with van der Waals surface area (Å²) in [6.07, 6.45) is 2.22. The number of hydrogen-bond donors (Lipinski definition) is 0. The minimum atomic E-state index is -0.314. The van der Waals surface area contributed by atoms with Crippen LogP contribution >= 0.6 is 11.6 Å². The average Bonchev–Trinajstić information content (AvgIpc) is 2.95. The monoisotopic (exact) mass is 308 g/mol. The molecule has 0 saturated carbocycles. The molecular formula is C14H14ClFN4O. The zero-order chi connectivity index (χ0) is 14.8. The number of aryl methyl sites for hydroxylation is 1. The number of anilines is 1. The standard InChI is InChI=1S/C14H14ClFN4O/c1-9-8-10(16)4-5-11(9)21-14-18-12(15)17-13(19-14)20-6-2-3-7-20/h4-5,8H,2-3,6-7H2,1H3. The van der Waals surface area contributed by atoms with E-state index in [0.29, 0.717) is 17.3 Å². The van der Waals surface area contributed by atoms with E-state index in [2.05, 4.69) is 15.0 Å². The second-order valence-electron chi connectivity index (χ2n) is 4.89. The van der Waals surface area contributed by atoms with Crippen LogP contribution in [0.2, 0.25) is 5.28 Å². The topological polar surface area (TPSA) is 51.1 Å². The number of nitrogens with zero attached hydrogens (tertiary/aromatic N) is 4. The summed E-state index contributed by atoms with van der Waals surface area (Å²) in [4.78, 5) is 14.4. The molecule has 1 aromatic heterocycles. The Balaban J connectivity index is 1.87. The molecule has 110 valence electrons. The van der Waals surface area contributed by atoms with E-state index in [1.54, 1.807) is 6.92 Å². The van der Waals surface area contributed by atoms with Crippen molar-refractivity contribution in [2.45, 2.75) is 19.8 Å². The number of benzene rings is 1. The van der Waals surface area contributed by atoms with Crippen molar-refractivity contribution in [3.8, 4) is 11.8 Å². The maximum absolute atomic E-state index is 13.1. The fourth-order valence-corrected chi connectivity index (χ4v) is 2.40.